The van der Waals surface area contributed by atoms with Gasteiger partial charge in [0, 0.05) is 30.0 Å². The molecule has 0 saturated heterocycles. The number of benzene rings is 1. The summed E-state index contributed by atoms with van der Waals surface area (Å²) in [6.45, 7) is 6.69. The molecule has 0 fully saturated rings. The minimum atomic E-state index is -0.359. The van der Waals surface area contributed by atoms with Gasteiger partial charge in [-0.25, -0.2) is 4.39 Å². The van der Waals surface area contributed by atoms with Crippen molar-refractivity contribution in [3.05, 3.63) is 52.0 Å². The highest BCUT2D eigenvalue weighted by molar-refractivity contribution is 7.10. The lowest BCUT2D eigenvalue weighted by molar-refractivity contribution is -0.144. The van der Waals surface area contributed by atoms with Gasteiger partial charge in [-0.2, -0.15) is 0 Å². The Bertz CT molecular complexity index is 885. The molecule has 0 unspecified atom stereocenters. The third-order valence-electron chi connectivity index (χ3n) is 5.67. The lowest BCUT2D eigenvalue weighted by Gasteiger charge is -2.38. The molecule has 2 heterocycles. The zero-order chi connectivity index (χ0) is 21.7. The van der Waals surface area contributed by atoms with Crippen LogP contribution in [0.1, 0.15) is 50.1 Å². The van der Waals surface area contributed by atoms with Crippen molar-refractivity contribution < 1.29 is 18.7 Å². The average molecular weight is 433 g/mol. The summed E-state index contributed by atoms with van der Waals surface area (Å²) < 4.78 is 19.4. The Balaban J connectivity index is 1.79. The number of rotatable bonds is 8. The Morgan fingerprint density at radius 3 is 2.83 bits per heavy atom. The van der Waals surface area contributed by atoms with Crippen LogP contribution in [0, 0.1) is 5.82 Å². The van der Waals surface area contributed by atoms with E-state index in [2.05, 4.69) is 0 Å². The highest BCUT2D eigenvalue weighted by Crippen LogP contribution is 2.34. The van der Waals surface area contributed by atoms with E-state index >= 15 is 0 Å². The molecule has 1 aliphatic rings. The van der Waals surface area contributed by atoms with E-state index in [9.17, 15) is 14.0 Å². The lowest BCUT2D eigenvalue weighted by atomic mass is 10.00. The monoisotopic (exact) mass is 432 g/mol. The van der Waals surface area contributed by atoms with Crippen LogP contribution in [-0.4, -0.2) is 47.4 Å². The van der Waals surface area contributed by atoms with Crippen LogP contribution < -0.4 is 4.74 Å². The van der Waals surface area contributed by atoms with Crippen molar-refractivity contribution in [3.63, 3.8) is 0 Å². The molecule has 30 heavy (non-hydrogen) atoms. The van der Waals surface area contributed by atoms with Crippen molar-refractivity contribution in [1.82, 2.24) is 9.80 Å². The first-order chi connectivity index (χ1) is 14.4. The molecule has 1 aromatic carbocycles. The molecular formula is C23H29FN2O3S. The number of thiophene rings is 1. The molecule has 0 spiro atoms. The van der Waals surface area contributed by atoms with Crippen molar-refractivity contribution in [2.75, 3.05) is 19.7 Å². The second-order valence-electron chi connectivity index (χ2n) is 7.55. The van der Waals surface area contributed by atoms with Gasteiger partial charge in [0.1, 0.15) is 24.7 Å². The van der Waals surface area contributed by atoms with Crippen molar-refractivity contribution in [2.24, 2.45) is 0 Å². The number of halogens is 1. The molecule has 1 aliphatic heterocycles. The number of fused-ring (bicyclic) bond motifs is 1. The summed E-state index contributed by atoms with van der Waals surface area (Å²) in [5.41, 5.74) is 1.08. The quantitative estimate of drug-likeness (QED) is 0.620. The van der Waals surface area contributed by atoms with E-state index in [1.165, 1.54) is 17.0 Å². The number of carbonyl (C=O) groups excluding carboxylic acids is 2. The van der Waals surface area contributed by atoms with Crippen LogP contribution in [0.4, 0.5) is 4.39 Å². The van der Waals surface area contributed by atoms with Gasteiger partial charge in [-0.1, -0.05) is 19.9 Å². The molecule has 5 nitrogen and oxygen atoms in total. The van der Waals surface area contributed by atoms with E-state index in [0.29, 0.717) is 18.7 Å². The molecule has 2 atom stereocenters. The van der Waals surface area contributed by atoms with E-state index in [1.807, 2.05) is 37.1 Å². The maximum atomic E-state index is 13.5. The van der Waals surface area contributed by atoms with Crippen molar-refractivity contribution in [2.45, 2.75) is 52.1 Å². The van der Waals surface area contributed by atoms with Gasteiger partial charge in [-0.3, -0.25) is 9.59 Å². The van der Waals surface area contributed by atoms with Crippen LogP contribution in [-0.2, 0) is 16.0 Å². The van der Waals surface area contributed by atoms with Crippen LogP contribution in [0.3, 0.4) is 0 Å². The molecule has 0 N–H and O–H groups in total. The molecular weight excluding hydrogens is 403 g/mol. The first-order valence-electron chi connectivity index (χ1n) is 10.5. The summed E-state index contributed by atoms with van der Waals surface area (Å²) in [6.07, 6.45) is 1.96. The zero-order valence-corrected chi connectivity index (χ0v) is 18.6. The summed E-state index contributed by atoms with van der Waals surface area (Å²) in [6, 6.07) is 7.80. The first kappa shape index (κ1) is 22.3. The molecule has 0 radical (unpaired) electrons. The first-order valence-corrected chi connectivity index (χ1v) is 11.4. The second-order valence-corrected chi connectivity index (χ2v) is 8.55. The van der Waals surface area contributed by atoms with Crippen LogP contribution in [0.5, 0.6) is 5.75 Å². The van der Waals surface area contributed by atoms with E-state index in [0.717, 1.165) is 18.4 Å². The molecule has 2 aromatic rings. The number of carbonyl (C=O) groups is 2. The van der Waals surface area contributed by atoms with Gasteiger partial charge >= 0.3 is 0 Å². The molecule has 0 bridgehead atoms. The van der Waals surface area contributed by atoms with Gasteiger partial charge in [0.15, 0.2) is 0 Å². The van der Waals surface area contributed by atoms with Crippen molar-refractivity contribution >= 4 is 23.2 Å². The molecule has 3 rings (SSSR count). The lowest BCUT2D eigenvalue weighted by Crippen LogP contribution is -2.49. The number of ether oxygens (including phenoxy) is 1. The normalized spacial score (nSPS) is 16.7. The van der Waals surface area contributed by atoms with Gasteiger partial charge in [-0.15, -0.1) is 11.3 Å². The standard InChI is InChI=1S/C23H29FN2O3S/c1-4-16(3)26(22(27)5-2)14-23(28)25-11-9-21-19(10-12-30-21)20(25)15-29-18-8-6-7-17(24)13-18/h6-8,10,12-13,16,20H,4-5,9,11,14-15H2,1-3H3/t16-,20-/m1/s1. The number of nitrogens with zero attached hydrogens (tertiary/aromatic N) is 2. The summed E-state index contributed by atoms with van der Waals surface area (Å²) >= 11 is 1.68. The van der Waals surface area contributed by atoms with Gasteiger partial charge in [-0.05, 0) is 48.9 Å². The second kappa shape index (κ2) is 10.1. The summed E-state index contributed by atoms with van der Waals surface area (Å²) in [5, 5.41) is 2.03. The molecule has 2 amide bonds. The predicted octanol–water partition coefficient (Wildman–Crippen LogP) is 4.43. The average Bonchev–Trinajstić information content (AvgIpc) is 3.23. The van der Waals surface area contributed by atoms with Crippen molar-refractivity contribution in [1.29, 1.82) is 0 Å². The highest BCUT2D eigenvalue weighted by Gasteiger charge is 2.34. The molecule has 162 valence electrons. The molecule has 7 heteroatoms. The summed E-state index contributed by atoms with van der Waals surface area (Å²) in [5.74, 6) is -0.0185. The van der Waals surface area contributed by atoms with Gasteiger partial charge in [0.25, 0.3) is 0 Å². The van der Waals surface area contributed by atoms with Crippen molar-refractivity contribution in [3.8, 4) is 5.75 Å². The fraction of sp³-hybridized carbons (Fsp3) is 0.478. The number of hydrogen-bond donors (Lipinski definition) is 0. The van der Waals surface area contributed by atoms with Gasteiger partial charge in [0.2, 0.25) is 11.8 Å². The highest BCUT2D eigenvalue weighted by atomic mass is 32.1. The Hall–Kier alpha value is -2.41. The summed E-state index contributed by atoms with van der Waals surface area (Å²) in [4.78, 5) is 30.4. The Labute approximate surface area is 181 Å². The summed E-state index contributed by atoms with van der Waals surface area (Å²) in [7, 11) is 0. The van der Waals surface area contributed by atoms with E-state index in [1.54, 1.807) is 28.4 Å². The van der Waals surface area contributed by atoms with E-state index < -0.39 is 0 Å². The third-order valence-corrected chi connectivity index (χ3v) is 6.67. The van der Waals surface area contributed by atoms with Crippen LogP contribution >= 0.6 is 11.3 Å². The van der Waals surface area contributed by atoms with Gasteiger partial charge in [0.05, 0.1) is 6.04 Å². The molecule has 0 aliphatic carbocycles. The maximum Gasteiger partial charge on any atom is 0.242 e. The topological polar surface area (TPSA) is 49.9 Å². The number of hydrogen-bond acceptors (Lipinski definition) is 4. The minimum absolute atomic E-state index is 0.00453. The Morgan fingerprint density at radius 2 is 2.13 bits per heavy atom. The Kier molecular flexibility index (Phi) is 7.48. The van der Waals surface area contributed by atoms with Crippen LogP contribution in [0.15, 0.2) is 35.7 Å². The minimum Gasteiger partial charge on any atom is -0.491 e. The fourth-order valence-corrected chi connectivity index (χ4v) is 4.68. The Morgan fingerprint density at radius 1 is 1.33 bits per heavy atom. The molecule has 1 aromatic heterocycles. The van der Waals surface area contributed by atoms with E-state index in [-0.39, 0.29) is 42.9 Å². The molecule has 0 saturated carbocycles. The zero-order valence-electron chi connectivity index (χ0n) is 17.8. The van der Waals surface area contributed by atoms with E-state index in [4.69, 9.17) is 4.74 Å². The number of amides is 2. The largest absolute Gasteiger partial charge is 0.491 e. The smallest absolute Gasteiger partial charge is 0.242 e. The third kappa shape index (κ3) is 5.01. The van der Waals surface area contributed by atoms with Crippen LogP contribution in [0.25, 0.3) is 0 Å². The van der Waals surface area contributed by atoms with Gasteiger partial charge < -0.3 is 14.5 Å². The fourth-order valence-electron chi connectivity index (χ4n) is 3.76. The van der Waals surface area contributed by atoms with Crippen LogP contribution in [0.2, 0.25) is 0 Å². The SMILES string of the molecule is CCC(=O)N(CC(=O)N1CCc2sccc2[C@H]1COc1cccc(F)c1)[C@H](C)CC. The maximum absolute atomic E-state index is 13.5. The predicted molar refractivity (Wildman–Crippen MR) is 116 cm³/mol.